The quantitative estimate of drug-likeness (QED) is 0.594. The van der Waals surface area contributed by atoms with Crippen LogP contribution in [0.25, 0.3) is 0 Å². The van der Waals surface area contributed by atoms with Crippen LogP contribution < -0.4 is 4.74 Å². The van der Waals surface area contributed by atoms with Gasteiger partial charge in [-0.05, 0) is 30.3 Å². The minimum Gasteiger partial charge on any atom is -0.487 e. The van der Waals surface area contributed by atoms with Gasteiger partial charge in [-0.2, -0.15) is 0 Å². The van der Waals surface area contributed by atoms with Crippen LogP contribution in [-0.2, 0) is 6.61 Å². The average molecular weight is 411 g/mol. The standard InChI is InChI=1S/C13H8Br2Cl2O/c14-9-2-1-8(12(17)5-9)7-18-13-6-10(15)3-4-11(13)16/h1-6H,7H2. The van der Waals surface area contributed by atoms with Crippen LogP contribution in [0.15, 0.2) is 45.3 Å². The molecule has 5 heteroatoms. The van der Waals surface area contributed by atoms with Crippen LogP contribution in [0, 0.1) is 0 Å². The van der Waals surface area contributed by atoms with E-state index < -0.39 is 0 Å². The molecule has 0 radical (unpaired) electrons. The Hall–Kier alpha value is -0.220. The second-order valence-corrected chi connectivity index (χ2v) is 6.24. The Morgan fingerprint density at radius 3 is 2.28 bits per heavy atom. The monoisotopic (exact) mass is 408 g/mol. The Bertz CT molecular complexity index is 573. The highest BCUT2D eigenvalue weighted by molar-refractivity contribution is 9.10. The van der Waals surface area contributed by atoms with Crippen molar-refractivity contribution < 1.29 is 4.74 Å². The summed E-state index contributed by atoms with van der Waals surface area (Å²) in [4.78, 5) is 0. The van der Waals surface area contributed by atoms with E-state index in [0.717, 1.165) is 14.5 Å². The molecule has 2 aromatic carbocycles. The molecule has 1 nitrogen and oxygen atoms in total. The second kappa shape index (κ2) is 6.29. The zero-order valence-corrected chi connectivity index (χ0v) is 13.8. The Morgan fingerprint density at radius 2 is 1.56 bits per heavy atom. The highest BCUT2D eigenvalue weighted by atomic mass is 79.9. The van der Waals surface area contributed by atoms with Gasteiger partial charge in [0.15, 0.2) is 0 Å². The predicted octanol–water partition coefficient (Wildman–Crippen LogP) is 6.10. The molecule has 0 atom stereocenters. The SMILES string of the molecule is Clc1cc(Br)ccc1COc1cc(Br)ccc1Cl. The van der Waals surface area contributed by atoms with Gasteiger partial charge in [0.05, 0.1) is 5.02 Å². The van der Waals surface area contributed by atoms with Gasteiger partial charge in [0.2, 0.25) is 0 Å². The molecule has 0 aliphatic heterocycles. The maximum atomic E-state index is 6.11. The summed E-state index contributed by atoms with van der Waals surface area (Å²) in [6.45, 7) is 0.377. The third kappa shape index (κ3) is 3.64. The van der Waals surface area contributed by atoms with Crippen LogP contribution in [0.1, 0.15) is 5.56 Å². The number of hydrogen-bond acceptors (Lipinski definition) is 1. The Labute approximate surface area is 132 Å². The molecule has 2 rings (SSSR count). The minimum absolute atomic E-state index is 0.377. The van der Waals surface area contributed by atoms with E-state index in [-0.39, 0.29) is 0 Å². The van der Waals surface area contributed by atoms with Crippen molar-refractivity contribution in [2.45, 2.75) is 6.61 Å². The predicted molar refractivity (Wildman–Crippen MR) is 82.6 cm³/mol. The molecule has 2 aromatic rings. The van der Waals surface area contributed by atoms with Crippen LogP contribution in [0.3, 0.4) is 0 Å². The lowest BCUT2D eigenvalue weighted by atomic mass is 10.2. The molecule has 0 fully saturated rings. The molecule has 0 aliphatic carbocycles. The van der Waals surface area contributed by atoms with Gasteiger partial charge in [-0.3, -0.25) is 0 Å². The molecule has 18 heavy (non-hydrogen) atoms. The first kappa shape index (κ1) is 14.2. The first-order chi connectivity index (χ1) is 8.56. The van der Waals surface area contributed by atoms with E-state index in [1.165, 1.54) is 0 Å². The second-order valence-electron chi connectivity index (χ2n) is 3.60. The van der Waals surface area contributed by atoms with Gasteiger partial charge in [0.1, 0.15) is 12.4 Å². The highest BCUT2D eigenvalue weighted by Crippen LogP contribution is 2.29. The van der Waals surface area contributed by atoms with Crippen LogP contribution in [0.2, 0.25) is 10.0 Å². The lowest BCUT2D eigenvalue weighted by Gasteiger charge is -2.10. The molecule has 0 saturated heterocycles. The molecule has 0 saturated carbocycles. The molecule has 0 N–H and O–H groups in total. The van der Waals surface area contributed by atoms with E-state index in [0.29, 0.717) is 22.4 Å². The Balaban J connectivity index is 2.13. The van der Waals surface area contributed by atoms with Crippen molar-refractivity contribution in [2.75, 3.05) is 0 Å². The van der Waals surface area contributed by atoms with Gasteiger partial charge in [0, 0.05) is 19.5 Å². The number of hydrogen-bond donors (Lipinski definition) is 0. The molecule has 0 aromatic heterocycles. The molecule has 0 spiro atoms. The fraction of sp³-hybridized carbons (Fsp3) is 0.0769. The summed E-state index contributed by atoms with van der Waals surface area (Å²) in [5.74, 6) is 0.630. The summed E-state index contributed by atoms with van der Waals surface area (Å²) in [5, 5.41) is 1.24. The lowest BCUT2D eigenvalue weighted by molar-refractivity contribution is 0.306. The molecule has 0 heterocycles. The van der Waals surface area contributed by atoms with E-state index in [9.17, 15) is 0 Å². The first-order valence-electron chi connectivity index (χ1n) is 5.08. The van der Waals surface area contributed by atoms with E-state index in [4.69, 9.17) is 27.9 Å². The highest BCUT2D eigenvalue weighted by Gasteiger charge is 2.05. The van der Waals surface area contributed by atoms with Crippen molar-refractivity contribution in [1.29, 1.82) is 0 Å². The molecule has 0 unspecified atom stereocenters. The van der Waals surface area contributed by atoms with Gasteiger partial charge in [-0.15, -0.1) is 0 Å². The van der Waals surface area contributed by atoms with Gasteiger partial charge in [-0.25, -0.2) is 0 Å². The molecule has 0 amide bonds. The lowest BCUT2D eigenvalue weighted by Crippen LogP contribution is -1.96. The maximum Gasteiger partial charge on any atom is 0.139 e. The zero-order chi connectivity index (χ0) is 13.1. The first-order valence-corrected chi connectivity index (χ1v) is 7.42. The molecular weight excluding hydrogens is 403 g/mol. The van der Waals surface area contributed by atoms with Crippen molar-refractivity contribution in [3.63, 3.8) is 0 Å². The number of ether oxygens (including phenoxy) is 1. The van der Waals surface area contributed by atoms with Gasteiger partial charge in [-0.1, -0.05) is 61.1 Å². The van der Waals surface area contributed by atoms with E-state index in [1.807, 2.05) is 30.3 Å². The van der Waals surface area contributed by atoms with E-state index in [1.54, 1.807) is 6.07 Å². The summed E-state index contributed by atoms with van der Waals surface area (Å²) >= 11 is 18.9. The number of halogens is 4. The fourth-order valence-electron chi connectivity index (χ4n) is 1.38. The smallest absolute Gasteiger partial charge is 0.139 e. The molecule has 0 bridgehead atoms. The topological polar surface area (TPSA) is 9.23 Å². The summed E-state index contributed by atoms with van der Waals surface area (Å²) in [6, 6.07) is 11.1. The largest absolute Gasteiger partial charge is 0.487 e. The van der Waals surface area contributed by atoms with Crippen LogP contribution in [-0.4, -0.2) is 0 Å². The third-order valence-electron chi connectivity index (χ3n) is 2.29. The summed E-state index contributed by atoms with van der Waals surface area (Å²) in [5.41, 5.74) is 0.913. The van der Waals surface area contributed by atoms with Crippen LogP contribution in [0.5, 0.6) is 5.75 Å². The minimum atomic E-state index is 0.377. The van der Waals surface area contributed by atoms with Gasteiger partial charge < -0.3 is 4.74 Å². The Kier molecular flexibility index (Phi) is 4.96. The van der Waals surface area contributed by atoms with Crippen molar-refractivity contribution in [3.05, 3.63) is 61.0 Å². The summed E-state index contributed by atoms with van der Waals surface area (Å²) in [6.07, 6.45) is 0. The van der Waals surface area contributed by atoms with E-state index in [2.05, 4.69) is 31.9 Å². The number of benzene rings is 2. The zero-order valence-electron chi connectivity index (χ0n) is 9.09. The van der Waals surface area contributed by atoms with Crippen LogP contribution >= 0.6 is 55.1 Å². The van der Waals surface area contributed by atoms with Crippen molar-refractivity contribution >= 4 is 55.1 Å². The van der Waals surface area contributed by atoms with Crippen molar-refractivity contribution in [2.24, 2.45) is 0 Å². The van der Waals surface area contributed by atoms with Gasteiger partial charge >= 0.3 is 0 Å². The molecular formula is C13H8Br2Cl2O. The molecule has 0 aliphatic rings. The van der Waals surface area contributed by atoms with Gasteiger partial charge in [0.25, 0.3) is 0 Å². The average Bonchev–Trinajstić information content (AvgIpc) is 2.32. The van der Waals surface area contributed by atoms with E-state index >= 15 is 0 Å². The van der Waals surface area contributed by atoms with Crippen molar-refractivity contribution in [3.8, 4) is 5.75 Å². The summed E-state index contributed by atoms with van der Waals surface area (Å²) < 4.78 is 7.52. The Morgan fingerprint density at radius 1 is 0.889 bits per heavy atom. The normalized spacial score (nSPS) is 10.4. The van der Waals surface area contributed by atoms with Crippen LogP contribution in [0.4, 0.5) is 0 Å². The fourth-order valence-corrected chi connectivity index (χ4v) is 2.62. The van der Waals surface area contributed by atoms with Crippen molar-refractivity contribution in [1.82, 2.24) is 0 Å². The molecule has 94 valence electrons. The third-order valence-corrected chi connectivity index (χ3v) is 3.94. The number of rotatable bonds is 3. The maximum absolute atomic E-state index is 6.11. The summed E-state index contributed by atoms with van der Waals surface area (Å²) in [7, 11) is 0.